The molecule has 0 saturated heterocycles. The van der Waals surface area contributed by atoms with Gasteiger partial charge in [0, 0.05) is 27.5 Å². The summed E-state index contributed by atoms with van der Waals surface area (Å²) in [4.78, 5) is 12.2. The van der Waals surface area contributed by atoms with Gasteiger partial charge in [0.2, 0.25) is 0 Å². The van der Waals surface area contributed by atoms with Crippen molar-refractivity contribution < 1.29 is 13.9 Å². The molecule has 0 saturated carbocycles. The summed E-state index contributed by atoms with van der Waals surface area (Å²) < 4.78 is 31.7. The Bertz CT molecular complexity index is 1880. The second-order valence-electron chi connectivity index (χ2n) is 14.5. The third-order valence-corrected chi connectivity index (χ3v) is 13.5. The average Bonchev–Trinajstić information content (AvgIpc) is 3.79. The zero-order valence-electron chi connectivity index (χ0n) is 32.1. The van der Waals surface area contributed by atoms with E-state index in [9.17, 15) is 0 Å². The number of benzene rings is 2. The van der Waals surface area contributed by atoms with E-state index in [1.807, 2.05) is 36.4 Å². The number of aromatic nitrogens is 2. The van der Waals surface area contributed by atoms with Gasteiger partial charge in [-0.2, -0.15) is 0 Å². The van der Waals surface area contributed by atoms with E-state index in [4.69, 9.17) is 19.4 Å². The molecular weight excluding hydrogens is 831 g/mol. The lowest BCUT2D eigenvalue weighted by Gasteiger charge is -2.22. The summed E-state index contributed by atoms with van der Waals surface area (Å²) in [6, 6.07) is 13.5. The fourth-order valence-electron chi connectivity index (χ4n) is 7.10. The van der Waals surface area contributed by atoms with Crippen molar-refractivity contribution in [2.45, 2.75) is 130 Å². The number of fused-ring (bicyclic) bond motifs is 2. The van der Waals surface area contributed by atoms with Gasteiger partial charge in [-0.25, -0.2) is 14.4 Å². The van der Waals surface area contributed by atoms with E-state index in [1.54, 1.807) is 17.4 Å². The molecule has 3 aromatic heterocycles. The Balaban J connectivity index is 1.58. The highest BCUT2D eigenvalue weighted by molar-refractivity contribution is 9.11. The Morgan fingerprint density at radius 1 is 0.585 bits per heavy atom. The number of halogens is 3. The summed E-state index contributed by atoms with van der Waals surface area (Å²) in [6.45, 7) is 10.4. The molecule has 2 unspecified atom stereocenters. The molecule has 53 heavy (non-hydrogen) atoms. The predicted octanol–water partition coefficient (Wildman–Crippen LogP) is 16.2. The van der Waals surface area contributed by atoms with Gasteiger partial charge in [0.15, 0.2) is 11.5 Å². The Hall–Kier alpha value is -2.07. The molecule has 288 valence electrons. The minimum atomic E-state index is -0.310. The van der Waals surface area contributed by atoms with E-state index in [1.165, 1.54) is 108 Å². The first-order valence-electron chi connectivity index (χ1n) is 20.1. The van der Waals surface area contributed by atoms with Gasteiger partial charge in [-0.3, -0.25) is 0 Å². The molecule has 0 radical (unpaired) electrons. The van der Waals surface area contributed by atoms with Gasteiger partial charge in [-0.05, 0) is 99.7 Å². The van der Waals surface area contributed by atoms with Crippen LogP contribution in [0, 0.1) is 17.7 Å². The van der Waals surface area contributed by atoms with Gasteiger partial charge in [0.1, 0.15) is 11.3 Å². The standard InChI is InChI=1S/C44H57Br2FN2O2S2/c1-5-9-13-15-19-30(17-11-7-3)28-50-36-26-34-35(27-37(36)51-29-31(18-12-8-4)20-16-14-10-6-2)49-44-42(39-22-24-41(46)53-39)33(47)25-32(43(44)48-34)38-21-23-40(45)52-38/h21-27,30-31H,5-20,28-29H2,1-4H3. The molecule has 2 aromatic carbocycles. The van der Waals surface area contributed by atoms with Crippen LogP contribution in [-0.4, -0.2) is 23.2 Å². The Morgan fingerprint density at radius 3 is 1.53 bits per heavy atom. The van der Waals surface area contributed by atoms with Crippen molar-refractivity contribution in [1.29, 1.82) is 0 Å². The zero-order valence-corrected chi connectivity index (χ0v) is 36.9. The molecular formula is C44H57Br2FN2O2S2. The van der Waals surface area contributed by atoms with Gasteiger partial charge in [0.05, 0.1) is 42.9 Å². The van der Waals surface area contributed by atoms with E-state index >= 15 is 4.39 Å². The molecule has 3 heterocycles. The normalized spacial score (nSPS) is 12.9. The van der Waals surface area contributed by atoms with Crippen molar-refractivity contribution in [3.8, 4) is 32.4 Å². The fourth-order valence-corrected chi connectivity index (χ4v) is 9.94. The summed E-state index contributed by atoms with van der Waals surface area (Å²) >= 11 is 10.2. The van der Waals surface area contributed by atoms with Crippen LogP contribution in [0.25, 0.3) is 42.9 Å². The largest absolute Gasteiger partial charge is 0.489 e. The maximum absolute atomic E-state index is 16.2. The van der Waals surface area contributed by atoms with Crippen molar-refractivity contribution in [3.05, 3.63) is 55.9 Å². The lowest BCUT2D eigenvalue weighted by atomic mass is 9.96. The van der Waals surface area contributed by atoms with Gasteiger partial charge in [-0.15, -0.1) is 22.7 Å². The van der Waals surface area contributed by atoms with E-state index in [0.717, 1.165) is 40.6 Å². The lowest BCUT2D eigenvalue weighted by molar-refractivity contribution is 0.193. The molecule has 9 heteroatoms. The van der Waals surface area contributed by atoms with Crippen LogP contribution in [0.15, 0.2) is 50.0 Å². The molecule has 0 aliphatic heterocycles. The first kappa shape index (κ1) is 42.1. The maximum atomic E-state index is 16.2. The van der Waals surface area contributed by atoms with Crippen LogP contribution in [0.3, 0.4) is 0 Å². The monoisotopic (exact) mass is 886 g/mol. The first-order chi connectivity index (χ1) is 25.8. The molecule has 5 rings (SSSR count). The molecule has 0 aliphatic carbocycles. The molecule has 0 spiro atoms. The third-order valence-electron chi connectivity index (χ3n) is 10.2. The number of hydrogen-bond donors (Lipinski definition) is 0. The summed E-state index contributed by atoms with van der Waals surface area (Å²) in [5, 5.41) is 0. The van der Waals surface area contributed by atoms with E-state index in [0.29, 0.717) is 52.9 Å². The van der Waals surface area contributed by atoms with E-state index in [-0.39, 0.29) is 5.82 Å². The van der Waals surface area contributed by atoms with Gasteiger partial charge >= 0.3 is 0 Å². The molecule has 0 N–H and O–H groups in total. The van der Waals surface area contributed by atoms with Crippen molar-refractivity contribution >= 4 is 76.6 Å². The summed E-state index contributed by atoms with van der Waals surface area (Å²) in [7, 11) is 0. The molecule has 2 atom stereocenters. The topological polar surface area (TPSA) is 44.2 Å². The van der Waals surface area contributed by atoms with Crippen molar-refractivity contribution in [2.75, 3.05) is 13.2 Å². The van der Waals surface area contributed by atoms with Crippen molar-refractivity contribution in [1.82, 2.24) is 9.97 Å². The average molecular weight is 889 g/mol. The minimum absolute atomic E-state index is 0.310. The highest BCUT2D eigenvalue weighted by atomic mass is 79.9. The Morgan fingerprint density at radius 2 is 1.06 bits per heavy atom. The van der Waals surface area contributed by atoms with Crippen LogP contribution >= 0.6 is 54.5 Å². The van der Waals surface area contributed by atoms with Crippen LogP contribution in [-0.2, 0) is 0 Å². The highest BCUT2D eigenvalue weighted by Crippen LogP contribution is 2.43. The zero-order chi connectivity index (χ0) is 37.6. The number of unbranched alkanes of at least 4 members (excludes halogenated alkanes) is 8. The smallest absolute Gasteiger partial charge is 0.163 e. The molecule has 4 nitrogen and oxygen atoms in total. The van der Waals surface area contributed by atoms with Crippen LogP contribution in [0.4, 0.5) is 4.39 Å². The fraction of sp³-hybridized carbons (Fsp3) is 0.545. The number of thiophene rings is 2. The van der Waals surface area contributed by atoms with Crippen LogP contribution in [0.5, 0.6) is 11.5 Å². The Labute approximate surface area is 342 Å². The van der Waals surface area contributed by atoms with Crippen molar-refractivity contribution in [2.24, 2.45) is 11.8 Å². The highest BCUT2D eigenvalue weighted by Gasteiger charge is 2.23. The number of rotatable bonds is 24. The van der Waals surface area contributed by atoms with Gasteiger partial charge < -0.3 is 9.47 Å². The predicted molar refractivity (Wildman–Crippen MR) is 234 cm³/mol. The minimum Gasteiger partial charge on any atom is -0.489 e. The number of ether oxygens (including phenoxy) is 2. The van der Waals surface area contributed by atoms with Crippen LogP contribution in [0.2, 0.25) is 0 Å². The Kier molecular flexibility index (Phi) is 17.4. The van der Waals surface area contributed by atoms with Gasteiger partial charge in [0.25, 0.3) is 0 Å². The maximum Gasteiger partial charge on any atom is 0.163 e. The second-order valence-corrected chi connectivity index (χ2v) is 19.5. The quantitative estimate of drug-likeness (QED) is 0.0457. The van der Waals surface area contributed by atoms with Gasteiger partial charge in [-0.1, -0.05) is 105 Å². The van der Waals surface area contributed by atoms with Crippen molar-refractivity contribution in [3.63, 3.8) is 0 Å². The summed E-state index contributed by atoms with van der Waals surface area (Å²) in [5.41, 5.74) is 3.83. The lowest BCUT2D eigenvalue weighted by Crippen LogP contribution is -2.15. The van der Waals surface area contributed by atoms with Crippen LogP contribution in [0.1, 0.15) is 130 Å². The number of hydrogen-bond acceptors (Lipinski definition) is 6. The molecule has 0 aliphatic rings. The summed E-state index contributed by atoms with van der Waals surface area (Å²) in [6.07, 6.45) is 19.5. The third kappa shape index (κ3) is 12.0. The second kappa shape index (κ2) is 21.9. The summed E-state index contributed by atoms with van der Waals surface area (Å²) in [5.74, 6) is 2.11. The SMILES string of the molecule is CCCCCCC(CCCC)COc1cc2nc3c(-c4ccc(Br)s4)cc(F)c(-c4ccc(Br)s4)c3nc2cc1OCC(CCCC)CCCCCC. The van der Waals surface area contributed by atoms with E-state index < -0.39 is 0 Å². The first-order valence-corrected chi connectivity index (χ1v) is 23.3. The van der Waals surface area contributed by atoms with Crippen LogP contribution < -0.4 is 9.47 Å². The molecule has 0 amide bonds. The molecule has 5 aromatic rings. The molecule has 0 fully saturated rings. The van der Waals surface area contributed by atoms with E-state index in [2.05, 4.69) is 59.6 Å². The number of nitrogens with zero attached hydrogens (tertiary/aromatic N) is 2. The molecule has 0 bridgehead atoms.